The Morgan fingerprint density at radius 2 is 2.17 bits per heavy atom. The normalized spacial score (nSPS) is 21.1. The lowest BCUT2D eigenvalue weighted by molar-refractivity contribution is 0.730. The molecule has 0 saturated heterocycles. The number of hydrogen-bond donors (Lipinski definition) is 0. The van der Waals surface area contributed by atoms with Crippen LogP contribution in [0.4, 0.5) is 0 Å². The van der Waals surface area contributed by atoms with Gasteiger partial charge in [-0.3, -0.25) is 0 Å². The molecule has 64 valence electrons. The molecule has 1 atom stereocenters. The number of nitrogens with zero attached hydrogens (tertiary/aromatic N) is 2. The summed E-state index contributed by atoms with van der Waals surface area (Å²) >= 11 is 5.77. The molecule has 0 aliphatic heterocycles. The lowest BCUT2D eigenvalue weighted by Crippen LogP contribution is -1.98. The van der Waals surface area contributed by atoms with Crippen molar-refractivity contribution in [2.24, 2.45) is 0 Å². The maximum atomic E-state index is 5.77. The Morgan fingerprint density at radius 3 is 2.92 bits per heavy atom. The Hall–Kier alpha value is -0.630. The first kappa shape index (κ1) is 7.99. The summed E-state index contributed by atoms with van der Waals surface area (Å²) < 4.78 is 0. The molecule has 1 aromatic heterocycles. The highest BCUT2D eigenvalue weighted by atomic mass is 35.5. The number of rotatable bonds is 0. The van der Waals surface area contributed by atoms with Gasteiger partial charge < -0.3 is 0 Å². The van der Waals surface area contributed by atoms with Crippen molar-refractivity contribution in [2.45, 2.75) is 32.6 Å². The van der Waals surface area contributed by atoms with Crippen molar-refractivity contribution in [2.75, 3.05) is 0 Å². The smallest absolute Gasteiger partial charge is 0.222 e. The van der Waals surface area contributed by atoms with Gasteiger partial charge in [0.05, 0.1) is 5.69 Å². The van der Waals surface area contributed by atoms with Crippen molar-refractivity contribution >= 4 is 11.6 Å². The van der Waals surface area contributed by atoms with E-state index in [2.05, 4.69) is 16.9 Å². The van der Waals surface area contributed by atoms with Crippen molar-refractivity contribution < 1.29 is 0 Å². The molecule has 0 saturated carbocycles. The summed E-state index contributed by atoms with van der Waals surface area (Å²) in [5.74, 6) is 0.555. The highest BCUT2D eigenvalue weighted by molar-refractivity contribution is 6.28. The monoisotopic (exact) mass is 182 g/mol. The van der Waals surface area contributed by atoms with Gasteiger partial charge in [0.2, 0.25) is 5.28 Å². The standard InChI is InChI=1S/C9H11ClN2/c1-5-3-4-7-6(2)11-9(10)12-8(5)7/h5H,3-4H2,1-2H3. The molecule has 0 bridgehead atoms. The van der Waals surface area contributed by atoms with Gasteiger partial charge in [0.25, 0.3) is 0 Å². The molecule has 0 aromatic carbocycles. The lowest BCUT2D eigenvalue weighted by Gasteiger charge is -2.04. The molecule has 0 N–H and O–H groups in total. The molecule has 12 heavy (non-hydrogen) atoms. The summed E-state index contributed by atoms with van der Waals surface area (Å²) in [6.07, 6.45) is 2.30. The van der Waals surface area contributed by atoms with E-state index in [1.54, 1.807) is 0 Å². The Bertz CT molecular complexity index is 323. The SMILES string of the molecule is Cc1nc(Cl)nc2c1CCC2C. The first-order valence-corrected chi connectivity index (χ1v) is 4.59. The van der Waals surface area contributed by atoms with Crippen LogP contribution in [-0.2, 0) is 6.42 Å². The van der Waals surface area contributed by atoms with Crippen LogP contribution in [-0.4, -0.2) is 9.97 Å². The maximum Gasteiger partial charge on any atom is 0.222 e. The van der Waals surface area contributed by atoms with Crippen molar-refractivity contribution in [3.05, 3.63) is 22.2 Å². The predicted octanol–water partition coefficient (Wildman–Crippen LogP) is 2.49. The largest absolute Gasteiger partial charge is 0.223 e. The van der Waals surface area contributed by atoms with Gasteiger partial charge in [-0.25, -0.2) is 9.97 Å². The minimum atomic E-state index is 0.389. The summed E-state index contributed by atoms with van der Waals surface area (Å²) in [6, 6.07) is 0. The molecule has 2 rings (SSSR count). The number of hydrogen-bond acceptors (Lipinski definition) is 2. The lowest BCUT2D eigenvalue weighted by atomic mass is 10.1. The van der Waals surface area contributed by atoms with Crippen LogP contribution in [0.15, 0.2) is 0 Å². The molecule has 2 nitrogen and oxygen atoms in total. The van der Waals surface area contributed by atoms with Crippen LogP contribution in [0.1, 0.15) is 36.2 Å². The third-order valence-corrected chi connectivity index (χ3v) is 2.68. The van der Waals surface area contributed by atoms with E-state index in [-0.39, 0.29) is 0 Å². The molecular weight excluding hydrogens is 172 g/mol. The second-order valence-corrected chi connectivity index (χ2v) is 3.72. The zero-order valence-electron chi connectivity index (χ0n) is 7.26. The third-order valence-electron chi connectivity index (χ3n) is 2.51. The number of aryl methyl sites for hydroxylation is 1. The van der Waals surface area contributed by atoms with E-state index < -0.39 is 0 Å². The Balaban J connectivity index is 2.60. The summed E-state index contributed by atoms with van der Waals surface area (Å²) in [4.78, 5) is 8.38. The number of aromatic nitrogens is 2. The van der Waals surface area contributed by atoms with Crippen LogP contribution in [0.3, 0.4) is 0 Å². The zero-order chi connectivity index (χ0) is 8.72. The van der Waals surface area contributed by atoms with Gasteiger partial charge in [-0.1, -0.05) is 6.92 Å². The summed E-state index contributed by atoms with van der Waals surface area (Å²) in [7, 11) is 0. The molecule has 0 radical (unpaired) electrons. The topological polar surface area (TPSA) is 25.8 Å². The van der Waals surface area contributed by atoms with E-state index in [4.69, 9.17) is 11.6 Å². The minimum Gasteiger partial charge on any atom is -0.223 e. The van der Waals surface area contributed by atoms with Gasteiger partial charge >= 0.3 is 0 Å². The predicted molar refractivity (Wildman–Crippen MR) is 48.5 cm³/mol. The van der Waals surface area contributed by atoms with E-state index in [0.717, 1.165) is 17.8 Å². The fraction of sp³-hybridized carbons (Fsp3) is 0.556. The van der Waals surface area contributed by atoms with E-state index in [9.17, 15) is 0 Å². The fourth-order valence-electron chi connectivity index (χ4n) is 1.80. The first-order chi connectivity index (χ1) is 5.68. The Kier molecular flexibility index (Phi) is 1.80. The highest BCUT2D eigenvalue weighted by Crippen LogP contribution is 2.32. The van der Waals surface area contributed by atoms with Crippen LogP contribution < -0.4 is 0 Å². The van der Waals surface area contributed by atoms with Crippen molar-refractivity contribution in [3.63, 3.8) is 0 Å². The number of fused-ring (bicyclic) bond motifs is 1. The summed E-state index contributed by atoms with van der Waals surface area (Å²) in [6.45, 7) is 4.19. The average molecular weight is 183 g/mol. The Labute approximate surface area is 77.0 Å². The van der Waals surface area contributed by atoms with Crippen LogP contribution in [0.25, 0.3) is 0 Å². The summed E-state index contributed by atoms with van der Waals surface area (Å²) in [5.41, 5.74) is 3.52. The van der Waals surface area contributed by atoms with E-state index in [1.807, 2.05) is 6.92 Å². The van der Waals surface area contributed by atoms with E-state index in [0.29, 0.717) is 11.2 Å². The van der Waals surface area contributed by atoms with Gasteiger partial charge in [-0.2, -0.15) is 0 Å². The molecule has 1 unspecified atom stereocenters. The Morgan fingerprint density at radius 1 is 1.42 bits per heavy atom. The first-order valence-electron chi connectivity index (χ1n) is 4.21. The van der Waals surface area contributed by atoms with E-state index >= 15 is 0 Å². The van der Waals surface area contributed by atoms with Crippen LogP contribution in [0.2, 0.25) is 5.28 Å². The second-order valence-electron chi connectivity index (χ2n) is 3.38. The molecule has 1 aliphatic rings. The van der Waals surface area contributed by atoms with Gasteiger partial charge in [-0.05, 0) is 42.8 Å². The van der Waals surface area contributed by atoms with Crippen molar-refractivity contribution in [1.29, 1.82) is 0 Å². The van der Waals surface area contributed by atoms with Crippen LogP contribution in [0, 0.1) is 6.92 Å². The van der Waals surface area contributed by atoms with Gasteiger partial charge in [0, 0.05) is 5.69 Å². The van der Waals surface area contributed by atoms with Gasteiger partial charge in [0.15, 0.2) is 0 Å². The summed E-state index contributed by atoms with van der Waals surface area (Å²) in [5, 5.41) is 0.389. The average Bonchev–Trinajstić information content (AvgIpc) is 2.33. The molecule has 3 heteroatoms. The highest BCUT2D eigenvalue weighted by Gasteiger charge is 2.22. The fourth-order valence-corrected chi connectivity index (χ4v) is 2.02. The third kappa shape index (κ3) is 1.11. The van der Waals surface area contributed by atoms with Crippen molar-refractivity contribution in [3.8, 4) is 0 Å². The quantitative estimate of drug-likeness (QED) is 0.577. The molecule has 0 amide bonds. The van der Waals surface area contributed by atoms with Crippen molar-refractivity contribution in [1.82, 2.24) is 9.97 Å². The second kappa shape index (κ2) is 2.70. The van der Waals surface area contributed by atoms with E-state index in [1.165, 1.54) is 12.0 Å². The zero-order valence-corrected chi connectivity index (χ0v) is 8.02. The van der Waals surface area contributed by atoms with Gasteiger partial charge in [0.1, 0.15) is 0 Å². The molecule has 1 aliphatic carbocycles. The number of halogens is 1. The van der Waals surface area contributed by atoms with Crippen LogP contribution >= 0.6 is 11.6 Å². The molecular formula is C9H11ClN2. The maximum absolute atomic E-state index is 5.77. The molecule has 0 fully saturated rings. The molecule has 1 heterocycles. The minimum absolute atomic E-state index is 0.389. The van der Waals surface area contributed by atoms with Crippen LogP contribution in [0.5, 0.6) is 0 Å². The van der Waals surface area contributed by atoms with Gasteiger partial charge in [-0.15, -0.1) is 0 Å². The molecule has 0 spiro atoms. The molecule has 1 aromatic rings.